The second kappa shape index (κ2) is 9.38. The number of hydrogen-bond acceptors (Lipinski definition) is 5. The van der Waals surface area contributed by atoms with Gasteiger partial charge in [0, 0.05) is 17.8 Å². The zero-order chi connectivity index (χ0) is 20.8. The summed E-state index contributed by atoms with van der Waals surface area (Å²) in [7, 11) is 0. The maximum Gasteiger partial charge on any atom is 0.234 e. The van der Waals surface area contributed by atoms with Crippen LogP contribution in [-0.2, 0) is 22.6 Å². The molecule has 0 unspecified atom stereocenters. The third-order valence-electron chi connectivity index (χ3n) is 4.30. The van der Waals surface area contributed by atoms with E-state index in [1.165, 1.54) is 11.8 Å². The summed E-state index contributed by atoms with van der Waals surface area (Å²) in [5.41, 5.74) is 8.71. The van der Waals surface area contributed by atoms with Crippen LogP contribution in [0.2, 0.25) is 0 Å². The SMILES string of the molecule is CCn1c(SCC(=O)Nc2ccccc2CC(N)=O)nnc1-c1cccc(C)c1. The number of nitrogens with zero attached hydrogens (tertiary/aromatic N) is 3. The van der Waals surface area contributed by atoms with E-state index >= 15 is 0 Å². The van der Waals surface area contributed by atoms with Gasteiger partial charge in [0.15, 0.2) is 11.0 Å². The maximum atomic E-state index is 12.4. The van der Waals surface area contributed by atoms with Gasteiger partial charge in [0.05, 0.1) is 12.2 Å². The molecule has 7 nitrogen and oxygen atoms in total. The molecule has 3 N–H and O–H groups in total. The van der Waals surface area contributed by atoms with E-state index < -0.39 is 5.91 Å². The molecule has 0 aliphatic heterocycles. The summed E-state index contributed by atoms with van der Waals surface area (Å²) in [5, 5.41) is 12.1. The van der Waals surface area contributed by atoms with Gasteiger partial charge in [0.1, 0.15) is 0 Å². The molecule has 0 aliphatic rings. The highest BCUT2D eigenvalue weighted by atomic mass is 32.2. The number of nitrogens with two attached hydrogens (primary N) is 1. The van der Waals surface area contributed by atoms with Crippen molar-refractivity contribution in [2.24, 2.45) is 5.73 Å². The van der Waals surface area contributed by atoms with Crippen molar-refractivity contribution in [3.8, 4) is 11.4 Å². The molecule has 0 saturated heterocycles. The minimum Gasteiger partial charge on any atom is -0.369 e. The Kier molecular flexibility index (Phi) is 6.66. The number of carbonyl (C=O) groups is 2. The smallest absolute Gasteiger partial charge is 0.234 e. The molecule has 3 rings (SSSR count). The van der Waals surface area contributed by atoms with E-state index in [1.54, 1.807) is 24.3 Å². The van der Waals surface area contributed by atoms with Crippen molar-refractivity contribution in [3.05, 3.63) is 59.7 Å². The maximum absolute atomic E-state index is 12.4. The Hall–Kier alpha value is -3.13. The molecule has 3 aromatic rings. The van der Waals surface area contributed by atoms with Crippen LogP contribution in [0.3, 0.4) is 0 Å². The summed E-state index contributed by atoms with van der Waals surface area (Å²) in [5.74, 6) is 0.332. The Labute approximate surface area is 173 Å². The van der Waals surface area contributed by atoms with Gasteiger partial charge in [-0.1, -0.05) is 53.7 Å². The van der Waals surface area contributed by atoms with Gasteiger partial charge in [0.25, 0.3) is 0 Å². The van der Waals surface area contributed by atoms with Crippen molar-refractivity contribution in [1.82, 2.24) is 14.8 Å². The fourth-order valence-corrected chi connectivity index (χ4v) is 3.78. The predicted octanol–water partition coefficient (Wildman–Crippen LogP) is 3.03. The molecule has 1 aromatic heterocycles. The number of rotatable bonds is 8. The largest absolute Gasteiger partial charge is 0.369 e. The molecule has 0 radical (unpaired) electrons. The van der Waals surface area contributed by atoms with Crippen LogP contribution in [0.15, 0.2) is 53.7 Å². The molecule has 150 valence electrons. The van der Waals surface area contributed by atoms with E-state index in [4.69, 9.17) is 5.73 Å². The van der Waals surface area contributed by atoms with Gasteiger partial charge >= 0.3 is 0 Å². The molecule has 29 heavy (non-hydrogen) atoms. The molecule has 2 aromatic carbocycles. The Morgan fingerprint density at radius 1 is 1.14 bits per heavy atom. The zero-order valence-corrected chi connectivity index (χ0v) is 17.2. The van der Waals surface area contributed by atoms with E-state index in [1.807, 2.05) is 36.6 Å². The quantitative estimate of drug-likeness (QED) is 0.557. The van der Waals surface area contributed by atoms with Crippen LogP contribution < -0.4 is 11.1 Å². The van der Waals surface area contributed by atoms with E-state index in [0.29, 0.717) is 23.0 Å². The monoisotopic (exact) mass is 409 g/mol. The topological polar surface area (TPSA) is 103 Å². The number of amides is 2. The van der Waals surface area contributed by atoms with E-state index in [9.17, 15) is 9.59 Å². The minimum atomic E-state index is -0.444. The average Bonchev–Trinajstić information content (AvgIpc) is 3.10. The van der Waals surface area contributed by atoms with Crippen molar-refractivity contribution < 1.29 is 9.59 Å². The third-order valence-corrected chi connectivity index (χ3v) is 5.26. The van der Waals surface area contributed by atoms with E-state index in [2.05, 4.69) is 21.6 Å². The van der Waals surface area contributed by atoms with Crippen LogP contribution in [0.4, 0.5) is 5.69 Å². The number of aryl methyl sites for hydroxylation is 1. The number of primary amides is 1. The highest BCUT2D eigenvalue weighted by Gasteiger charge is 2.15. The van der Waals surface area contributed by atoms with Crippen LogP contribution in [0.5, 0.6) is 0 Å². The van der Waals surface area contributed by atoms with Crippen molar-refractivity contribution in [1.29, 1.82) is 0 Å². The summed E-state index contributed by atoms with van der Waals surface area (Å²) in [4.78, 5) is 23.7. The third kappa shape index (κ3) is 5.23. The number of para-hydroxylation sites is 1. The first-order valence-electron chi connectivity index (χ1n) is 9.27. The molecular weight excluding hydrogens is 386 g/mol. The molecule has 0 fully saturated rings. The van der Waals surface area contributed by atoms with Gasteiger partial charge < -0.3 is 15.6 Å². The lowest BCUT2D eigenvalue weighted by atomic mass is 10.1. The fourth-order valence-electron chi connectivity index (χ4n) is 2.98. The van der Waals surface area contributed by atoms with E-state index in [0.717, 1.165) is 17.0 Å². The molecule has 2 amide bonds. The van der Waals surface area contributed by atoms with Crippen molar-refractivity contribution in [2.75, 3.05) is 11.1 Å². The molecule has 8 heteroatoms. The van der Waals surface area contributed by atoms with Gasteiger partial charge in [-0.3, -0.25) is 9.59 Å². The second-order valence-electron chi connectivity index (χ2n) is 6.56. The first kappa shape index (κ1) is 20.6. The van der Waals surface area contributed by atoms with Crippen molar-refractivity contribution in [3.63, 3.8) is 0 Å². The standard InChI is InChI=1S/C21H23N5O2S/c1-3-26-20(16-9-6-7-14(2)11-16)24-25-21(26)29-13-19(28)23-17-10-5-4-8-15(17)12-18(22)27/h4-11H,3,12-13H2,1-2H3,(H2,22,27)(H,23,28). The van der Waals surface area contributed by atoms with Crippen LogP contribution in [0.1, 0.15) is 18.1 Å². The van der Waals surface area contributed by atoms with Crippen LogP contribution in [-0.4, -0.2) is 32.3 Å². The zero-order valence-electron chi connectivity index (χ0n) is 16.4. The Morgan fingerprint density at radius 2 is 1.93 bits per heavy atom. The predicted molar refractivity (Wildman–Crippen MR) is 115 cm³/mol. The number of aromatic nitrogens is 3. The Morgan fingerprint density at radius 3 is 2.66 bits per heavy atom. The lowest BCUT2D eigenvalue weighted by Gasteiger charge is -2.10. The molecule has 0 aliphatic carbocycles. The van der Waals surface area contributed by atoms with Crippen LogP contribution in [0, 0.1) is 6.92 Å². The Balaban J connectivity index is 1.69. The summed E-state index contributed by atoms with van der Waals surface area (Å²) >= 11 is 1.32. The highest BCUT2D eigenvalue weighted by molar-refractivity contribution is 7.99. The molecule has 0 atom stereocenters. The number of thioether (sulfide) groups is 1. The van der Waals surface area contributed by atoms with Crippen molar-refractivity contribution in [2.45, 2.75) is 32.0 Å². The van der Waals surface area contributed by atoms with Crippen LogP contribution in [0.25, 0.3) is 11.4 Å². The number of hydrogen-bond donors (Lipinski definition) is 2. The van der Waals surface area contributed by atoms with Gasteiger partial charge in [-0.25, -0.2) is 0 Å². The normalized spacial score (nSPS) is 10.7. The van der Waals surface area contributed by atoms with Gasteiger partial charge in [-0.15, -0.1) is 10.2 Å². The molecule has 0 saturated carbocycles. The number of carbonyl (C=O) groups excluding carboxylic acids is 2. The average molecular weight is 410 g/mol. The summed E-state index contributed by atoms with van der Waals surface area (Å²) in [6.45, 7) is 4.75. The Bertz CT molecular complexity index is 1030. The minimum absolute atomic E-state index is 0.0770. The second-order valence-corrected chi connectivity index (χ2v) is 7.50. The molecule has 0 spiro atoms. The molecular formula is C21H23N5O2S. The van der Waals surface area contributed by atoms with Gasteiger partial charge in [0.2, 0.25) is 11.8 Å². The van der Waals surface area contributed by atoms with E-state index in [-0.39, 0.29) is 18.1 Å². The number of nitrogens with one attached hydrogen (secondary N) is 1. The highest BCUT2D eigenvalue weighted by Crippen LogP contribution is 2.25. The lowest BCUT2D eigenvalue weighted by molar-refractivity contribution is -0.117. The first-order chi connectivity index (χ1) is 14.0. The van der Waals surface area contributed by atoms with Crippen LogP contribution >= 0.6 is 11.8 Å². The lowest BCUT2D eigenvalue weighted by Crippen LogP contribution is -2.18. The summed E-state index contributed by atoms with van der Waals surface area (Å²) in [6, 6.07) is 15.2. The summed E-state index contributed by atoms with van der Waals surface area (Å²) < 4.78 is 1.99. The first-order valence-corrected chi connectivity index (χ1v) is 10.3. The van der Waals surface area contributed by atoms with Gasteiger partial charge in [-0.2, -0.15) is 0 Å². The fraction of sp³-hybridized carbons (Fsp3) is 0.238. The summed E-state index contributed by atoms with van der Waals surface area (Å²) in [6.07, 6.45) is 0.0770. The molecule has 1 heterocycles. The van der Waals surface area contributed by atoms with Gasteiger partial charge in [-0.05, 0) is 31.5 Å². The number of benzene rings is 2. The number of anilines is 1. The molecule has 0 bridgehead atoms. The van der Waals surface area contributed by atoms with Crippen molar-refractivity contribution >= 4 is 29.3 Å².